The van der Waals surface area contributed by atoms with Crippen molar-refractivity contribution in [3.05, 3.63) is 24.3 Å². The summed E-state index contributed by atoms with van der Waals surface area (Å²) in [7, 11) is 1.85. The Bertz CT molecular complexity index is 592. The normalized spacial score (nSPS) is 15.4. The Balaban J connectivity index is 0.00000392. The zero-order valence-electron chi connectivity index (χ0n) is 18.1. The highest BCUT2D eigenvalue weighted by Gasteiger charge is 2.21. The van der Waals surface area contributed by atoms with Crippen molar-refractivity contribution in [1.82, 2.24) is 15.1 Å². The first-order valence-electron chi connectivity index (χ1n) is 10.2. The maximum absolute atomic E-state index is 10.1. The fourth-order valence-corrected chi connectivity index (χ4v) is 3.80. The zero-order chi connectivity index (χ0) is 19.8. The van der Waals surface area contributed by atoms with Crippen molar-refractivity contribution >= 4 is 35.6 Å². The van der Waals surface area contributed by atoms with E-state index in [4.69, 9.17) is 0 Å². The van der Waals surface area contributed by atoms with E-state index >= 15 is 0 Å². The van der Waals surface area contributed by atoms with Crippen molar-refractivity contribution in [2.24, 2.45) is 4.99 Å². The number of hydrogen-bond donors (Lipinski definition) is 2. The van der Waals surface area contributed by atoms with Crippen LogP contribution in [-0.2, 0) is 0 Å². The molecule has 1 aromatic rings. The van der Waals surface area contributed by atoms with E-state index in [-0.39, 0.29) is 24.0 Å². The summed E-state index contributed by atoms with van der Waals surface area (Å²) in [4.78, 5) is 11.5. The van der Waals surface area contributed by atoms with Crippen LogP contribution in [0.2, 0.25) is 0 Å². The highest BCUT2D eigenvalue weighted by atomic mass is 127. The number of nitrogens with one attached hydrogen (secondary N) is 1. The molecule has 2 N–H and O–H groups in total. The summed E-state index contributed by atoms with van der Waals surface area (Å²) in [5, 5.41) is 13.6. The lowest BCUT2D eigenvalue weighted by atomic mass is 10.2. The number of aromatic hydroxyl groups is 1. The van der Waals surface area contributed by atoms with Crippen LogP contribution in [0.25, 0.3) is 0 Å². The quantitative estimate of drug-likeness (QED) is 0.259. The summed E-state index contributed by atoms with van der Waals surface area (Å²) in [6.07, 6.45) is 1.10. The van der Waals surface area contributed by atoms with Crippen molar-refractivity contribution in [1.29, 1.82) is 0 Å². The van der Waals surface area contributed by atoms with Crippen LogP contribution in [0.15, 0.2) is 29.3 Å². The molecule has 0 radical (unpaired) electrons. The highest BCUT2D eigenvalue weighted by molar-refractivity contribution is 14.0. The molecule has 0 bridgehead atoms. The van der Waals surface area contributed by atoms with Gasteiger partial charge in [-0.15, -0.1) is 24.0 Å². The number of aliphatic imine (C=N–C) groups is 1. The predicted molar refractivity (Wildman–Crippen MR) is 130 cm³/mol. The topological polar surface area (TPSA) is 54.3 Å². The van der Waals surface area contributed by atoms with Crippen LogP contribution in [0.3, 0.4) is 0 Å². The third-order valence-electron chi connectivity index (χ3n) is 5.22. The molecule has 1 aromatic carbocycles. The molecule has 0 aliphatic carbocycles. The zero-order valence-corrected chi connectivity index (χ0v) is 20.4. The highest BCUT2D eigenvalue weighted by Crippen LogP contribution is 2.27. The minimum Gasteiger partial charge on any atom is -0.506 e. The Morgan fingerprint density at radius 3 is 2.25 bits per heavy atom. The second-order valence-electron chi connectivity index (χ2n) is 7.72. The monoisotopic (exact) mass is 503 g/mol. The van der Waals surface area contributed by atoms with E-state index in [0.717, 1.165) is 57.3 Å². The van der Waals surface area contributed by atoms with Crippen molar-refractivity contribution < 1.29 is 5.11 Å². The van der Waals surface area contributed by atoms with E-state index in [1.165, 1.54) is 0 Å². The molecule has 0 aromatic heterocycles. The Hall–Kier alpha value is -1.22. The van der Waals surface area contributed by atoms with E-state index < -0.39 is 0 Å². The summed E-state index contributed by atoms with van der Waals surface area (Å²) in [5.74, 6) is 1.33. The number of halogens is 1. The molecule has 160 valence electrons. The summed E-state index contributed by atoms with van der Waals surface area (Å²) < 4.78 is 0. The van der Waals surface area contributed by atoms with Gasteiger partial charge >= 0.3 is 0 Å². The molecule has 1 aliphatic heterocycles. The second kappa shape index (κ2) is 12.4. The number of phenols is 1. The van der Waals surface area contributed by atoms with Gasteiger partial charge in [-0.05, 0) is 46.2 Å². The number of para-hydroxylation sites is 2. The molecule has 7 heteroatoms. The van der Waals surface area contributed by atoms with Crippen LogP contribution >= 0.6 is 24.0 Å². The summed E-state index contributed by atoms with van der Waals surface area (Å²) in [6, 6.07) is 8.71. The van der Waals surface area contributed by atoms with Crippen LogP contribution in [0.4, 0.5) is 5.69 Å². The Kier molecular flexibility index (Phi) is 11.0. The molecule has 2 rings (SSSR count). The molecular formula is C21H38IN5O. The molecule has 0 spiro atoms. The van der Waals surface area contributed by atoms with Crippen LogP contribution < -0.4 is 10.2 Å². The smallest absolute Gasteiger partial charge is 0.193 e. The third kappa shape index (κ3) is 6.99. The molecule has 28 heavy (non-hydrogen) atoms. The van der Waals surface area contributed by atoms with E-state index in [1.807, 2.05) is 25.2 Å². The summed E-state index contributed by atoms with van der Waals surface area (Å²) >= 11 is 0. The lowest BCUT2D eigenvalue weighted by Gasteiger charge is -2.38. The van der Waals surface area contributed by atoms with Gasteiger partial charge in [0.2, 0.25) is 0 Å². The second-order valence-corrected chi connectivity index (χ2v) is 7.72. The van der Waals surface area contributed by atoms with Gasteiger partial charge in [-0.2, -0.15) is 0 Å². The van der Waals surface area contributed by atoms with Gasteiger partial charge in [-0.1, -0.05) is 12.1 Å². The van der Waals surface area contributed by atoms with E-state index in [9.17, 15) is 5.11 Å². The van der Waals surface area contributed by atoms with Crippen molar-refractivity contribution in [3.8, 4) is 5.75 Å². The van der Waals surface area contributed by atoms with Gasteiger partial charge in [0, 0.05) is 58.4 Å². The lowest BCUT2D eigenvalue weighted by molar-refractivity contribution is 0.173. The molecule has 0 saturated carbocycles. The van der Waals surface area contributed by atoms with Crippen LogP contribution in [0.5, 0.6) is 5.75 Å². The number of rotatable bonds is 7. The Labute approximate surface area is 188 Å². The average molecular weight is 503 g/mol. The molecule has 1 saturated heterocycles. The maximum Gasteiger partial charge on any atom is 0.193 e. The number of guanidine groups is 1. The van der Waals surface area contributed by atoms with Crippen LogP contribution in [0.1, 0.15) is 34.1 Å². The first kappa shape index (κ1) is 24.8. The van der Waals surface area contributed by atoms with E-state index in [0.29, 0.717) is 17.8 Å². The molecule has 0 atom stereocenters. The van der Waals surface area contributed by atoms with Gasteiger partial charge in [-0.3, -0.25) is 9.89 Å². The van der Waals surface area contributed by atoms with Gasteiger partial charge in [0.1, 0.15) is 5.75 Å². The largest absolute Gasteiger partial charge is 0.506 e. The van der Waals surface area contributed by atoms with Crippen LogP contribution in [-0.4, -0.2) is 79.3 Å². The molecular weight excluding hydrogens is 465 g/mol. The fraction of sp³-hybridized carbons (Fsp3) is 0.667. The van der Waals surface area contributed by atoms with Gasteiger partial charge in [0.05, 0.1) is 5.69 Å². The summed E-state index contributed by atoms with van der Waals surface area (Å²) in [5.41, 5.74) is 0.919. The van der Waals surface area contributed by atoms with Crippen molar-refractivity contribution in [2.45, 2.75) is 46.2 Å². The van der Waals surface area contributed by atoms with E-state index in [1.54, 1.807) is 6.07 Å². The van der Waals surface area contributed by atoms with E-state index in [2.05, 4.69) is 52.7 Å². The van der Waals surface area contributed by atoms with Gasteiger partial charge in [0.15, 0.2) is 5.96 Å². The molecule has 6 nitrogen and oxygen atoms in total. The summed E-state index contributed by atoms with van der Waals surface area (Å²) in [6.45, 7) is 14.6. The molecule has 1 aliphatic rings. The lowest BCUT2D eigenvalue weighted by Crippen LogP contribution is -2.52. The first-order chi connectivity index (χ1) is 12.9. The number of phenolic OH excluding ortho intramolecular Hbond substituents is 1. The average Bonchev–Trinajstić information content (AvgIpc) is 2.65. The minimum absolute atomic E-state index is 0. The molecule has 1 heterocycles. The molecule has 0 unspecified atom stereocenters. The number of piperazine rings is 1. The first-order valence-corrected chi connectivity index (χ1v) is 10.2. The third-order valence-corrected chi connectivity index (χ3v) is 5.22. The number of benzene rings is 1. The van der Waals surface area contributed by atoms with Crippen molar-refractivity contribution in [3.63, 3.8) is 0 Å². The number of hydrogen-bond acceptors (Lipinski definition) is 4. The maximum atomic E-state index is 10.1. The van der Waals surface area contributed by atoms with Gasteiger partial charge in [0.25, 0.3) is 0 Å². The minimum atomic E-state index is 0. The Morgan fingerprint density at radius 2 is 1.71 bits per heavy atom. The molecule has 1 fully saturated rings. The SMILES string of the molecule is CN=C(NCCCN(C(C)C)C(C)C)N1CCN(c2ccccc2O)CC1.I. The number of anilines is 1. The standard InChI is InChI=1S/C21H37N5O.HI/c1-17(2)26(18(3)4)12-8-11-23-21(22-5)25-15-13-24(14-16-25)19-9-6-7-10-20(19)27;/h6-7,9-10,17-18,27H,8,11-16H2,1-5H3,(H,22,23);1H. The van der Waals surface area contributed by atoms with Gasteiger partial charge < -0.3 is 20.2 Å². The number of nitrogens with zero attached hydrogens (tertiary/aromatic N) is 4. The van der Waals surface area contributed by atoms with Crippen molar-refractivity contribution in [2.75, 3.05) is 51.2 Å². The fourth-order valence-electron chi connectivity index (χ4n) is 3.80. The van der Waals surface area contributed by atoms with Crippen LogP contribution in [0, 0.1) is 0 Å². The Morgan fingerprint density at radius 1 is 1.11 bits per heavy atom. The molecule has 0 amide bonds. The van der Waals surface area contributed by atoms with Gasteiger partial charge in [-0.25, -0.2) is 0 Å². The predicted octanol–water partition coefficient (Wildman–Crippen LogP) is 3.22.